The standard InChI is InChI=1S/C14H15FN2O2/c1-9-5-11(15)4-3-10(9)8-19-14(18)13-6-12(16)7-17(13)2/h3-7H,8,16H2,1-2H3. The summed E-state index contributed by atoms with van der Waals surface area (Å²) < 4.78 is 19.7. The Balaban J connectivity index is 2.06. The lowest BCUT2D eigenvalue weighted by molar-refractivity contribution is 0.0461. The molecule has 2 aromatic rings. The van der Waals surface area contributed by atoms with Crippen molar-refractivity contribution in [1.82, 2.24) is 4.57 Å². The van der Waals surface area contributed by atoms with Gasteiger partial charge in [0.15, 0.2) is 0 Å². The number of aromatic nitrogens is 1. The summed E-state index contributed by atoms with van der Waals surface area (Å²) >= 11 is 0. The van der Waals surface area contributed by atoms with Crippen LogP contribution in [0.15, 0.2) is 30.5 Å². The molecule has 0 aliphatic heterocycles. The van der Waals surface area contributed by atoms with E-state index in [1.807, 2.05) is 0 Å². The van der Waals surface area contributed by atoms with Gasteiger partial charge in [0, 0.05) is 13.2 Å². The van der Waals surface area contributed by atoms with Crippen LogP contribution in [-0.4, -0.2) is 10.5 Å². The van der Waals surface area contributed by atoms with Crippen molar-refractivity contribution in [3.63, 3.8) is 0 Å². The maximum absolute atomic E-state index is 12.9. The lowest BCUT2D eigenvalue weighted by Gasteiger charge is -2.08. The van der Waals surface area contributed by atoms with E-state index in [-0.39, 0.29) is 12.4 Å². The second-order valence-electron chi connectivity index (χ2n) is 4.42. The quantitative estimate of drug-likeness (QED) is 0.864. The van der Waals surface area contributed by atoms with E-state index >= 15 is 0 Å². The van der Waals surface area contributed by atoms with E-state index in [1.54, 1.807) is 36.9 Å². The number of hydrogen-bond donors (Lipinski definition) is 1. The molecular weight excluding hydrogens is 247 g/mol. The van der Waals surface area contributed by atoms with Crippen LogP contribution in [0.25, 0.3) is 0 Å². The summed E-state index contributed by atoms with van der Waals surface area (Å²) in [7, 11) is 1.72. The van der Waals surface area contributed by atoms with Crippen molar-refractivity contribution in [3.05, 3.63) is 53.1 Å². The van der Waals surface area contributed by atoms with E-state index in [0.717, 1.165) is 11.1 Å². The van der Waals surface area contributed by atoms with Crippen molar-refractivity contribution in [3.8, 4) is 0 Å². The average Bonchev–Trinajstić information content (AvgIpc) is 2.67. The second-order valence-corrected chi connectivity index (χ2v) is 4.42. The maximum atomic E-state index is 12.9. The number of rotatable bonds is 3. The number of anilines is 1. The van der Waals surface area contributed by atoms with Gasteiger partial charge in [-0.15, -0.1) is 0 Å². The van der Waals surface area contributed by atoms with Crippen molar-refractivity contribution in [1.29, 1.82) is 0 Å². The number of nitrogens with two attached hydrogens (primary N) is 1. The topological polar surface area (TPSA) is 57.2 Å². The molecule has 5 heteroatoms. The van der Waals surface area contributed by atoms with Gasteiger partial charge in [0.05, 0.1) is 5.69 Å². The monoisotopic (exact) mass is 262 g/mol. The van der Waals surface area contributed by atoms with Gasteiger partial charge in [0.1, 0.15) is 18.1 Å². The van der Waals surface area contributed by atoms with E-state index in [0.29, 0.717) is 11.4 Å². The Kier molecular flexibility index (Phi) is 3.55. The molecule has 0 fully saturated rings. The first kappa shape index (κ1) is 13.1. The highest BCUT2D eigenvalue weighted by molar-refractivity contribution is 5.89. The summed E-state index contributed by atoms with van der Waals surface area (Å²) in [6.45, 7) is 1.88. The highest BCUT2D eigenvalue weighted by Gasteiger charge is 2.13. The number of ether oxygens (including phenoxy) is 1. The van der Waals surface area contributed by atoms with Gasteiger partial charge in [-0.05, 0) is 36.2 Å². The van der Waals surface area contributed by atoms with E-state index in [2.05, 4.69) is 0 Å². The van der Waals surface area contributed by atoms with Crippen LogP contribution < -0.4 is 5.73 Å². The third-order valence-corrected chi connectivity index (χ3v) is 2.90. The predicted molar refractivity (Wildman–Crippen MR) is 70.1 cm³/mol. The lowest BCUT2D eigenvalue weighted by Crippen LogP contribution is -2.10. The van der Waals surface area contributed by atoms with Crippen molar-refractivity contribution in [2.45, 2.75) is 13.5 Å². The number of benzene rings is 1. The molecule has 0 unspecified atom stereocenters. The average molecular weight is 262 g/mol. The SMILES string of the molecule is Cc1cc(F)ccc1COC(=O)c1cc(N)cn1C. The van der Waals surface area contributed by atoms with E-state index in [4.69, 9.17) is 10.5 Å². The normalized spacial score (nSPS) is 10.5. The first-order valence-corrected chi connectivity index (χ1v) is 5.81. The lowest BCUT2D eigenvalue weighted by atomic mass is 10.1. The molecule has 0 spiro atoms. The minimum atomic E-state index is -0.456. The molecule has 0 saturated heterocycles. The van der Waals surface area contributed by atoms with Crippen LogP contribution in [0.3, 0.4) is 0 Å². The number of aryl methyl sites for hydroxylation is 2. The largest absolute Gasteiger partial charge is 0.456 e. The highest BCUT2D eigenvalue weighted by atomic mass is 19.1. The number of nitrogens with zero attached hydrogens (tertiary/aromatic N) is 1. The molecule has 0 aliphatic carbocycles. The predicted octanol–water partition coefficient (Wildman–Crippen LogP) is 2.41. The van der Waals surface area contributed by atoms with Crippen LogP contribution in [0.4, 0.5) is 10.1 Å². The van der Waals surface area contributed by atoms with Gasteiger partial charge in [-0.2, -0.15) is 0 Å². The second kappa shape index (κ2) is 5.14. The third kappa shape index (κ3) is 2.93. The summed E-state index contributed by atoms with van der Waals surface area (Å²) in [6.07, 6.45) is 1.64. The molecule has 2 rings (SSSR count). The first-order chi connectivity index (χ1) is 8.97. The Morgan fingerprint density at radius 2 is 2.16 bits per heavy atom. The van der Waals surface area contributed by atoms with Crippen LogP contribution in [0.2, 0.25) is 0 Å². The van der Waals surface area contributed by atoms with Crippen LogP contribution in [0, 0.1) is 12.7 Å². The third-order valence-electron chi connectivity index (χ3n) is 2.90. The van der Waals surface area contributed by atoms with Gasteiger partial charge in [0.2, 0.25) is 0 Å². The van der Waals surface area contributed by atoms with Gasteiger partial charge in [-0.1, -0.05) is 6.07 Å². The molecule has 0 amide bonds. The van der Waals surface area contributed by atoms with E-state index in [9.17, 15) is 9.18 Å². The Hall–Kier alpha value is -2.30. The van der Waals surface area contributed by atoms with Crippen molar-refractivity contribution < 1.29 is 13.9 Å². The number of esters is 1. The molecule has 0 radical (unpaired) electrons. The molecule has 1 heterocycles. The highest BCUT2D eigenvalue weighted by Crippen LogP contribution is 2.14. The molecule has 19 heavy (non-hydrogen) atoms. The summed E-state index contributed by atoms with van der Waals surface area (Å²) in [5, 5.41) is 0. The molecule has 0 saturated carbocycles. The molecular formula is C14H15FN2O2. The maximum Gasteiger partial charge on any atom is 0.355 e. The fraction of sp³-hybridized carbons (Fsp3) is 0.214. The zero-order valence-corrected chi connectivity index (χ0v) is 10.8. The molecule has 100 valence electrons. The Bertz CT molecular complexity index is 620. The van der Waals surface area contributed by atoms with E-state index in [1.165, 1.54) is 12.1 Å². The van der Waals surface area contributed by atoms with Crippen molar-refractivity contribution in [2.24, 2.45) is 7.05 Å². The molecule has 1 aromatic carbocycles. The summed E-state index contributed by atoms with van der Waals surface area (Å²) in [5.74, 6) is -0.759. The smallest absolute Gasteiger partial charge is 0.355 e. The number of hydrogen-bond acceptors (Lipinski definition) is 3. The van der Waals surface area contributed by atoms with Crippen LogP contribution in [0.5, 0.6) is 0 Å². The van der Waals surface area contributed by atoms with Crippen LogP contribution >= 0.6 is 0 Å². The number of carbonyl (C=O) groups excluding carboxylic acids is 1. The number of nitrogen functional groups attached to an aromatic ring is 1. The van der Waals surface area contributed by atoms with E-state index < -0.39 is 5.97 Å². The minimum absolute atomic E-state index is 0.107. The molecule has 0 aliphatic rings. The van der Waals surface area contributed by atoms with Crippen molar-refractivity contribution in [2.75, 3.05) is 5.73 Å². The Morgan fingerprint density at radius 1 is 1.42 bits per heavy atom. The molecule has 0 bridgehead atoms. The number of carbonyl (C=O) groups is 1. The van der Waals surface area contributed by atoms with Crippen LogP contribution in [0.1, 0.15) is 21.6 Å². The van der Waals surface area contributed by atoms with Gasteiger partial charge in [-0.25, -0.2) is 9.18 Å². The summed E-state index contributed by atoms with van der Waals surface area (Å²) in [6, 6.07) is 5.91. The zero-order chi connectivity index (χ0) is 14.0. The van der Waals surface area contributed by atoms with Gasteiger partial charge in [-0.3, -0.25) is 0 Å². The molecule has 2 N–H and O–H groups in total. The minimum Gasteiger partial charge on any atom is -0.456 e. The number of halogens is 1. The van der Waals surface area contributed by atoms with Crippen molar-refractivity contribution >= 4 is 11.7 Å². The Morgan fingerprint density at radius 3 is 2.74 bits per heavy atom. The molecule has 1 aromatic heterocycles. The summed E-state index contributed by atoms with van der Waals surface area (Å²) in [5.41, 5.74) is 8.01. The molecule has 4 nitrogen and oxygen atoms in total. The fourth-order valence-corrected chi connectivity index (χ4v) is 1.83. The van der Waals surface area contributed by atoms with Gasteiger partial charge >= 0.3 is 5.97 Å². The van der Waals surface area contributed by atoms with Gasteiger partial charge in [0.25, 0.3) is 0 Å². The molecule has 0 atom stereocenters. The fourth-order valence-electron chi connectivity index (χ4n) is 1.83. The summed E-state index contributed by atoms with van der Waals surface area (Å²) in [4.78, 5) is 11.9. The van der Waals surface area contributed by atoms with Gasteiger partial charge < -0.3 is 15.0 Å². The zero-order valence-electron chi connectivity index (χ0n) is 10.8. The van der Waals surface area contributed by atoms with Crippen LogP contribution in [-0.2, 0) is 18.4 Å². The Labute approximate surface area is 110 Å². The first-order valence-electron chi connectivity index (χ1n) is 5.81.